The second-order valence-corrected chi connectivity index (χ2v) is 10.1. The molecule has 2 aliphatic heterocycles. The number of nitrogens with zero attached hydrogens (tertiary/aromatic N) is 2. The van der Waals surface area contributed by atoms with Crippen LogP contribution in [0.3, 0.4) is 0 Å². The Kier molecular flexibility index (Phi) is 4.33. The monoisotopic (exact) mass is 389 g/mol. The van der Waals surface area contributed by atoms with Crippen LogP contribution in [-0.4, -0.2) is 40.9 Å². The third-order valence-corrected chi connectivity index (χ3v) is 7.40. The van der Waals surface area contributed by atoms with E-state index in [1.54, 1.807) is 29.7 Å². The summed E-state index contributed by atoms with van der Waals surface area (Å²) >= 11 is 0. The van der Waals surface area contributed by atoms with Crippen LogP contribution in [0.2, 0.25) is 0 Å². The van der Waals surface area contributed by atoms with E-state index < -0.39 is 15.4 Å². The number of benzene rings is 1. The van der Waals surface area contributed by atoms with Crippen LogP contribution in [0.5, 0.6) is 0 Å². The first kappa shape index (κ1) is 18.2. The summed E-state index contributed by atoms with van der Waals surface area (Å²) in [5, 5.41) is 3.36. The van der Waals surface area contributed by atoms with Gasteiger partial charge in [-0.3, -0.25) is 14.2 Å². The lowest BCUT2D eigenvalue weighted by atomic mass is 10.0. The van der Waals surface area contributed by atoms with Crippen molar-refractivity contribution >= 4 is 26.6 Å². The fourth-order valence-electron chi connectivity index (χ4n) is 4.01. The Morgan fingerprint density at radius 2 is 2.07 bits per heavy atom. The minimum Gasteiger partial charge on any atom is -0.346 e. The molecule has 2 aromatic rings. The average molecular weight is 389 g/mol. The van der Waals surface area contributed by atoms with Gasteiger partial charge in [-0.2, -0.15) is 0 Å². The fourth-order valence-corrected chi connectivity index (χ4v) is 6.11. The lowest BCUT2D eigenvalue weighted by molar-refractivity contribution is 0.0915. The maximum absolute atomic E-state index is 12.8. The van der Waals surface area contributed by atoms with E-state index in [0.717, 1.165) is 31.5 Å². The first-order chi connectivity index (χ1) is 12.8. The molecule has 1 fully saturated rings. The number of sulfone groups is 1. The third-order valence-electron chi connectivity index (χ3n) is 5.50. The highest BCUT2D eigenvalue weighted by atomic mass is 32.2. The molecule has 8 heteroatoms. The lowest BCUT2D eigenvalue weighted by Gasteiger charge is -2.24. The van der Waals surface area contributed by atoms with Gasteiger partial charge in [0.1, 0.15) is 5.82 Å². The molecule has 1 atom stereocenters. The number of carbonyl (C=O) groups is 1. The van der Waals surface area contributed by atoms with E-state index >= 15 is 0 Å². The first-order valence-electron chi connectivity index (χ1n) is 9.33. The maximum Gasteiger partial charge on any atom is 0.261 e. The molecule has 1 unspecified atom stereocenters. The molecule has 1 amide bonds. The quantitative estimate of drug-likeness (QED) is 0.838. The molecule has 1 N–H and O–H groups in total. The van der Waals surface area contributed by atoms with E-state index in [9.17, 15) is 18.0 Å². The van der Waals surface area contributed by atoms with Gasteiger partial charge in [-0.25, -0.2) is 13.4 Å². The summed E-state index contributed by atoms with van der Waals surface area (Å²) in [6.07, 6.45) is 4.22. The Balaban J connectivity index is 1.67. The number of nitrogens with one attached hydrogen (secondary N) is 1. The van der Waals surface area contributed by atoms with Gasteiger partial charge in [0.25, 0.3) is 11.5 Å². The topological polar surface area (TPSA) is 98.1 Å². The van der Waals surface area contributed by atoms with E-state index in [2.05, 4.69) is 10.3 Å². The Morgan fingerprint density at radius 3 is 2.81 bits per heavy atom. The minimum absolute atomic E-state index is 0.0492. The summed E-state index contributed by atoms with van der Waals surface area (Å²) < 4.78 is 25.2. The van der Waals surface area contributed by atoms with E-state index in [4.69, 9.17) is 0 Å². The Hall–Kier alpha value is -2.22. The Morgan fingerprint density at radius 1 is 1.26 bits per heavy atom. The molecule has 1 aromatic heterocycles. The van der Waals surface area contributed by atoms with E-state index in [0.29, 0.717) is 29.4 Å². The van der Waals surface area contributed by atoms with Crippen molar-refractivity contribution < 1.29 is 13.2 Å². The molecule has 0 aliphatic carbocycles. The molecule has 0 radical (unpaired) electrons. The summed E-state index contributed by atoms with van der Waals surface area (Å²) in [6.45, 7) is 2.44. The van der Waals surface area contributed by atoms with Crippen LogP contribution in [-0.2, 0) is 22.8 Å². The standard InChI is InChI=1S/C19H23N3O4S/c1-19(8-10-27(25,26)12-19)21-17(23)13-6-7-14-15(11-13)20-16-5-3-2-4-9-22(16)18(14)24/h6-7,11H,2-5,8-10,12H2,1H3,(H,21,23). The van der Waals surface area contributed by atoms with Gasteiger partial charge >= 0.3 is 0 Å². The molecule has 4 rings (SSSR count). The predicted molar refractivity (Wildman–Crippen MR) is 103 cm³/mol. The molecule has 3 heterocycles. The smallest absolute Gasteiger partial charge is 0.261 e. The molecule has 144 valence electrons. The van der Waals surface area contributed by atoms with Gasteiger partial charge in [-0.05, 0) is 44.4 Å². The molecular weight excluding hydrogens is 366 g/mol. The number of fused-ring (bicyclic) bond motifs is 2. The summed E-state index contributed by atoms with van der Waals surface area (Å²) in [5.41, 5.74) is 0.0900. The summed E-state index contributed by atoms with van der Waals surface area (Å²) in [6, 6.07) is 4.88. The molecule has 2 aliphatic rings. The highest BCUT2D eigenvalue weighted by molar-refractivity contribution is 7.91. The second kappa shape index (κ2) is 6.44. The first-order valence-corrected chi connectivity index (χ1v) is 11.1. The number of aromatic nitrogens is 2. The van der Waals surface area contributed by atoms with Crippen LogP contribution in [0.25, 0.3) is 10.9 Å². The van der Waals surface area contributed by atoms with Gasteiger partial charge in [0, 0.05) is 18.5 Å². The largest absolute Gasteiger partial charge is 0.346 e. The van der Waals surface area contributed by atoms with Gasteiger partial charge in [0.2, 0.25) is 0 Å². The van der Waals surface area contributed by atoms with Crippen molar-refractivity contribution in [2.45, 2.75) is 51.1 Å². The number of aryl methyl sites for hydroxylation is 1. The number of hydrogen-bond acceptors (Lipinski definition) is 5. The van der Waals surface area contributed by atoms with Gasteiger partial charge in [0.05, 0.1) is 27.9 Å². The normalized spacial score (nSPS) is 24.3. The summed E-state index contributed by atoms with van der Waals surface area (Å²) in [5.74, 6) is 0.475. The van der Waals surface area contributed by atoms with E-state index in [-0.39, 0.29) is 23.0 Å². The highest BCUT2D eigenvalue weighted by Gasteiger charge is 2.39. The van der Waals surface area contributed by atoms with Crippen LogP contribution in [0.4, 0.5) is 0 Å². The number of rotatable bonds is 2. The lowest BCUT2D eigenvalue weighted by Crippen LogP contribution is -2.46. The van der Waals surface area contributed by atoms with Gasteiger partial charge in [0.15, 0.2) is 9.84 Å². The van der Waals surface area contributed by atoms with Gasteiger partial charge < -0.3 is 5.32 Å². The second-order valence-electron chi connectivity index (χ2n) is 7.88. The fraction of sp³-hybridized carbons (Fsp3) is 0.526. The van der Waals surface area contributed by atoms with Crippen LogP contribution >= 0.6 is 0 Å². The van der Waals surface area contributed by atoms with Crippen molar-refractivity contribution in [2.75, 3.05) is 11.5 Å². The molecule has 7 nitrogen and oxygen atoms in total. The van der Waals surface area contributed by atoms with Crippen LogP contribution in [0.1, 0.15) is 48.8 Å². The molecule has 27 heavy (non-hydrogen) atoms. The zero-order chi connectivity index (χ0) is 19.2. The average Bonchev–Trinajstić information content (AvgIpc) is 2.76. The number of carbonyl (C=O) groups excluding carboxylic acids is 1. The molecular formula is C19H23N3O4S. The zero-order valence-corrected chi connectivity index (χ0v) is 16.1. The molecule has 0 spiro atoms. The molecule has 0 saturated carbocycles. The SMILES string of the molecule is CC1(NC(=O)c2ccc3c(=O)n4c(nc3c2)CCCCC4)CCS(=O)(=O)C1. The number of hydrogen-bond donors (Lipinski definition) is 1. The summed E-state index contributed by atoms with van der Waals surface area (Å²) in [4.78, 5) is 30.1. The Labute approximate surface area is 157 Å². The van der Waals surface area contributed by atoms with Crippen molar-refractivity contribution in [1.82, 2.24) is 14.9 Å². The number of amides is 1. The summed E-state index contributed by atoms with van der Waals surface area (Å²) in [7, 11) is -3.11. The highest BCUT2D eigenvalue weighted by Crippen LogP contribution is 2.24. The molecule has 0 bridgehead atoms. The van der Waals surface area contributed by atoms with Crippen molar-refractivity contribution in [1.29, 1.82) is 0 Å². The van der Waals surface area contributed by atoms with Crippen molar-refractivity contribution in [3.05, 3.63) is 39.9 Å². The van der Waals surface area contributed by atoms with Crippen LogP contribution < -0.4 is 10.9 Å². The predicted octanol–water partition coefficient (Wildman–Crippen LogP) is 1.43. The van der Waals surface area contributed by atoms with Gasteiger partial charge in [-0.15, -0.1) is 0 Å². The minimum atomic E-state index is -3.11. The third kappa shape index (κ3) is 3.50. The van der Waals surface area contributed by atoms with Crippen molar-refractivity contribution in [2.24, 2.45) is 0 Å². The van der Waals surface area contributed by atoms with Gasteiger partial charge in [-0.1, -0.05) is 6.42 Å². The van der Waals surface area contributed by atoms with E-state index in [1.807, 2.05) is 0 Å². The van der Waals surface area contributed by atoms with Crippen LogP contribution in [0.15, 0.2) is 23.0 Å². The Bertz CT molecular complexity index is 1090. The van der Waals surface area contributed by atoms with E-state index in [1.165, 1.54) is 0 Å². The molecule has 1 aromatic carbocycles. The zero-order valence-electron chi connectivity index (χ0n) is 15.3. The van der Waals surface area contributed by atoms with Crippen molar-refractivity contribution in [3.8, 4) is 0 Å². The maximum atomic E-state index is 12.8. The van der Waals surface area contributed by atoms with Crippen molar-refractivity contribution in [3.63, 3.8) is 0 Å². The molecule has 1 saturated heterocycles. The van der Waals surface area contributed by atoms with Crippen LogP contribution in [0, 0.1) is 0 Å².